The van der Waals surface area contributed by atoms with Gasteiger partial charge in [-0.25, -0.2) is 13.4 Å². The van der Waals surface area contributed by atoms with Gasteiger partial charge in [-0.1, -0.05) is 0 Å². The average Bonchev–Trinajstić information content (AvgIpc) is 2.67. The molecule has 0 fully saturated rings. The molecule has 1 amide bonds. The van der Waals surface area contributed by atoms with E-state index >= 15 is 0 Å². The molecule has 27 heavy (non-hydrogen) atoms. The van der Waals surface area contributed by atoms with Gasteiger partial charge in [0.15, 0.2) is 0 Å². The third kappa shape index (κ3) is 3.90. The van der Waals surface area contributed by atoms with Crippen LogP contribution in [0.5, 0.6) is 0 Å². The van der Waals surface area contributed by atoms with Crippen LogP contribution in [0.15, 0.2) is 36.5 Å². The van der Waals surface area contributed by atoms with Gasteiger partial charge in [0, 0.05) is 32.5 Å². The maximum absolute atomic E-state index is 12.7. The number of aromatic nitrogens is 1. The monoisotopic (exact) mass is 388 g/mol. The van der Waals surface area contributed by atoms with Gasteiger partial charge in [0.2, 0.25) is 10.0 Å². The summed E-state index contributed by atoms with van der Waals surface area (Å²) < 4.78 is 26.1. The summed E-state index contributed by atoms with van der Waals surface area (Å²) in [5.74, 6) is 0.410. The van der Waals surface area contributed by atoms with Crippen molar-refractivity contribution in [2.24, 2.45) is 0 Å². The number of hydrogen-bond donors (Lipinski definition) is 1. The maximum Gasteiger partial charge on any atom is 0.259 e. The van der Waals surface area contributed by atoms with Crippen LogP contribution in [0.25, 0.3) is 0 Å². The van der Waals surface area contributed by atoms with Crippen LogP contribution in [0.4, 0.5) is 17.2 Å². The summed E-state index contributed by atoms with van der Waals surface area (Å²) in [6.07, 6.45) is 3.19. The van der Waals surface area contributed by atoms with Crippen molar-refractivity contribution < 1.29 is 13.2 Å². The molecular formula is C19H24N4O3S. The van der Waals surface area contributed by atoms with E-state index in [9.17, 15) is 13.2 Å². The lowest BCUT2D eigenvalue weighted by Gasteiger charge is -2.30. The van der Waals surface area contributed by atoms with Crippen molar-refractivity contribution in [2.45, 2.75) is 19.8 Å². The minimum atomic E-state index is -3.30. The molecule has 3 rings (SSSR count). The normalized spacial score (nSPS) is 13.8. The van der Waals surface area contributed by atoms with Gasteiger partial charge in [-0.2, -0.15) is 0 Å². The summed E-state index contributed by atoms with van der Waals surface area (Å²) in [7, 11) is 0.372. The first kappa shape index (κ1) is 19.2. The lowest BCUT2D eigenvalue weighted by atomic mass is 10.0. The van der Waals surface area contributed by atoms with Gasteiger partial charge in [0.05, 0.1) is 17.0 Å². The molecule has 0 unspecified atom stereocenters. The molecule has 2 heterocycles. The van der Waals surface area contributed by atoms with Gasteiger partial charge in [-0.05, 0) is 55.7 Å². The molecule has 1 aromatic carbocycles. The predicted octanol–water partition coefficient (Wildman–Crippen LogP) is 2.50. The molecule has 1 aromatic heterocycles. The SMILES string of the molecule is CCS(=O)(=O)N1CCCc2cc(NC(=O)c3cccnc3N(C)C)ccc21. The van der Waals surface area contributed by atoms with Crippen molar-refractivity contribution in [3.05, 3.63) is 47.7 Å². The zero-order valence-corrected chi connectivity index (χ0v) is 16.6. The molecule has 8 heteroatoms. The molecule has 0 spiro atoms. The van der Waals surface area contributed by atoms with E-state index in [0.717, 1.165) is 18.4 Å². The zero-order valence-electron chi connectivity index (χ0n) is 15.8. The van der Waals surface area contributed by atoms with E-state index in [-0.39, 0.29) is 11.7 Å². The average molecular weight is 388 g/mol. The molecule has 7 nitrogen and oxygen atoms in total. The number of fused-ring (bicyclic) bond motifs is 1. The van der Waals surface area contributed by atoms with Crippen LogP contribution < -0.4 is 14.5 Å². The number of hydrogen-bond acceptors (Lipinski definition) is 5. The standard InChI is InChI=1S/C19H24N4O3S/c1-4-27(25,26)23-12-6-7-14-13-15(9-10-17(14)23)21-19(24)16-8-5-11-20-18(16)22(2)3/h5,8-11,13H,4,6-7,12H2,1-3H3,(H,21,24). The van der Waals surface area contributed by atoms with Crippen molar-refractivity contribution in [1.29, 1.82) is 0 Å². The number of aryl methyl sites for hydroxylation is 1. The summed E-state index contributed by atoms with van der Waals surface area (Å²) in [5.41, 5.74) is 2.75. The Bertz CT molecular complexity index is 957. The third-order valence-electron chi connectivity index (χ3n) is 4.57. The number of rotatable bonds is 5. The molecule has 0 saturated carbocycles. The maximum atomic E-state index is 12.7. The Morgan fingerprint density at radius 3 is 2.78 bits per heavy atom. The Morgan fingerprint density at radius 2 is 2.07 bits per heavy atom. The highest BCUT2D eigenvalue weighted by Crippen LogP contribution is 2.32. The van der Waals surface area contributed by atoms with E-state index < -0.39 is 10.0 Å². The molecular weight excluding hydrogens is 364 g/mol. The van der Waals surface area contributed by atoms with E-state index in [4.69, 9.17) is 0 Å². The van der Waals surface area contributed by atoms with E-state index in [1.165, 1.54) is 4.31 Å². The summed E-state index contributed by atoms with van der Waals surface area (Å²) in [6, 6.07) is 8.82. The lowest BCUT2D eigenvalue weighted by Crippen LogP contribution is -2.36. The van der Waals surface area contributed by atoms with Gasteiger partial charge in [-0.15, -0.1) is 0 Å². The smallest absolute Gasteiger partial charge is 0.259 e. The Hall–Kier alpha value is -2.61. The Morgan fingerprint density at radius 1 is 1.30 bits per heavy atom. The summed E-state index contributed by atoms with van der Waals surface area (Å²) in [5, 5.41) is 2.90. The van der Waals surface area contributed by atoms with Crippen molar-refractivity contribution in [3.63, 3.8) is 0 Å². The fourth-order valence-corrected chi connectivity index (χ4v) is 4.41. The number of carbonyl (C=O) groups excluding carboxylic acids is 1. The highest BCUT2D eigenvalue weighted by Gasteiger charge is 2.26. The Labute approximate surface area is 160 Å². The number of benzene rings is 1. The number of carbonyl (C=O) groups is 1. The molecule has 1 aliphatic rings. The molecule has 0 aliphatic carbocycles. The largest absolute Gasteiger partial charge is 0.362 e. The first-order chi connectivity index (χ1) is 12.8. The Balaban J connectivity index is 1.87. The number of pyridine rings is 1. The van der Waals surface area contributed by atoms with Gasteiger partial charge < -0.3 is 10.2 Å². The summed E-state index contributed by atoms with van der Waals surface area (Å²) >= 11 is 0. The van der Waals surface area contributed by atoms with Crippen LogP contribution >= 0.6 is 0 Å². The van der Waals surface area contributed by atoms with Crippen molar-refractivity contribution in [1.82, 2.24) is 4.98 Å². The van der Waals surface area contributed by atoms with Crippen LogP contribution in [0, 0.1) is 0 Å². The zero-order chi connectivity index (χ0) is 19.6. The van der Waals surface area contributed by atoms with Crippen LogP contribution in [0.3, 0.4) is 0 Å². The van der Waals surface area contributed by atoms with Gasteiger partial charge in [0.25, 0.3) is 5.91 Å². The third-order valence-corrected chi connectivity index (χ3v) is 6.35. The van der Waals surface area contributed by atoms with Crippen molar-refractivity contribution in [3.8, 4) is 0 Å². The van der Waals surface area contributed by atoms with Crippen LogP contribution in [0.2, 0.25) is 0 Å². The molecule has 0 saturated heterocycles. The second kappa shape index (κ2) is 7.56. The molecule has 2 aromatic rings. The second-order valence-corrected chi connectivity index (χ2v) is 8.82. The summed E-state index contributed by atoms with van der Waals surface area (Å²) in [4.78, 5) is 18.7. The molecule has 0 radical (unpaired) electrons. The number of anilines is 3. The lowest BCUT2D eigenvalue weighted by molar-refractivity contribution is 0.102. The number of nitrogens with zero attached hydrogens (tertiary/aromatic N) is 3. The van der Waals surface area contributed by atoms with Crippen LogP contribution in [0.1, 0.15) is 29.3 Å². The summed E-state index contributed by atoms with van der Waals surface area (Å²) in [6.45, 7) is 2.14. The number of sulfonamides is 1. The van der Waals surface area contributed by atoms with Crippen LogP contribution in [-0.2, 0) is 16.4 Å². The number of nitrogens with one attached hydrogen (secondary N) is 1. The van der Waals surface area contributed by atoms with Gasteiger partial charge in [0.1, 0.15) is 5.82 Å². The minimum absolute atomic E-state index is 0.0687. The van der Waals surface area contributed by atoms with Gasteiger partial charge in [-0.3, -0.25) is 9.10 Å². The van der Waals surface area contributed by atoms with E-state index in [1.807, 2.05) is 20.2 Å². The number of amides is 1. The molecule has 0 bridgehead atoms. The quantitative estimate of drug-likeness (QED) is 0.851. The molecule has 0 atom stereocenters. The highest BCUT2D eigenvalue weighted by atomic mass is 32.2. The van der Waals surface area contributed by atoms with Crippen molar-refractivity contribution >= 4 is 33.1 Å². The highest BCUT2D eigenvalue weighted by molar-refractivity contribution is 7.92. The van der Waals surface area contributed by atoms with Crippen molar-refractivity contribution in [2.75, 3.05) is 40.9 Å². The predicted molar refractivity (Wildman–Crippen MR) is 108 cm³/mol. The van der Waals surface area contributed by atoms with Crippen LogP contribution in [-0.4, -0.2) is 45.7 Å². The van der Waals surface area contributed by atoms with Gasteiger partial charge >= 0.3 is 0 Å². The molecule has 144 valence electrons. The first-order valence-corrected chi connectivity index (χ1v) is 10.5. The van der Waals surface area contributed by atoms with E-state index in [2.05, 4.69) is 10.3 Å². The topological polar surface area (TPSA) is 82.6 Å². The fraction of sp³-hybridized carbons (Fsp3) is 0.368. The fourth-order valence-electron chi connectivity index (χ4n) is 3.21. The first-order valence-electron chi connectivity index (χ1n) is 8.90. The second-order valence-electron chi connectivity index (χ2n) is 6.64. The minimum Gasteiger partial charge on any atom is -0.362 e. The Kier molecular flexibility index (Phi) is 5.36. The molecule has 1 N–H and O–H groups in total. The molecule has 1 aliphatic heterocycles. The van der Waals surface area contributed by atoms with E-state index in [1.54, 1.807) is 42.3 Å². The van der Waals surface area contributed by atoms with E-state index in [0.29, 0.717) is 29.3 Å².